The minimum Gasteiger partial charge on any atom is -0.360 e. The van der Waals surface area contributed by atoms with Crippen molar-refractivity contribution in [1.29, 1.82) is 0 Å². The highest BCUT2D eigenvalue weighted by molar-refractivity contribution is 5.94. The van der Waals surface area contributed by atoms with Gasteiger partial charge in [-0.2, -0.15) is 0 Å². The largest absolute Gasteiger partial charge is 0.360 e. The predicted molar refractivity (Wildman–Crippen MR) is 107 cm³/mol. The van der Waals surface area contributed by atoms with Crippen LogP contribution in [0.25, 0.3) is 0 Å². The van der Waals surface area contributed by atoms with Crippen LogP contribution in [0.15, 0.2) is 54.6 Å². The van der Waals surface area contributed by atoms with E-state index in [1.807, 2.05) is 35.2 Å². The Bertz CT molecular complexity index is 821. The zero-order chi connectivity index (χ0) is 19.8. The van der Waals surface area contributed by atoms with E-state index >= 15 is 0 Å². The average Bonchev–Trinajstić information content (AvgIpc) is 2.73. The monoisotopic (exact) mass is 380 g/mol. The summed E-state index contributed by atoms with van der Waals surface area (Å²) >= 11 is 0. The molecule has 1 heterocycles. The van der Waals surface area contributed by atoms with E-state index in [4.69, 9.17) is 0 Å². The van der Waals surface area contributed by atoms with E-state index in [1.165, 1.54) is 0 Å². The van der Waals surface area contributed by atoms with Crippen molar-refractivity contribution in [1.82, 2.24) is 16.0 Å². The van der Waals surface area contributed by atoms with E-state index in [0.29, 0.717) is 25.2 Å². The quantitative estimate of drug-likeness (QED) is 0.670. The summed E-state index contributed by atoms with van der Waals surface area (Å²) in [6.07, 6.45) is 0.222. The van der Waals surface area contributed by atoms with Gasteiger partial charge in [0.05, 0.1) is 6.54 Å². The fraction of sp³-hybridized carbons (Fsp3) is 0.286. The van der Waals surface area contributed by atoms with Crippen LogP contribution in [0.3, 0.4) is 0 Å². The molecule has 0 unspecified atom stereocenters. The molecular formula is C21H24N4O3. The summed E-state index contributed by atoms with van der Waals surface area (Å²) in [5.41, 5.74) is 2.55. The van der Waals surface area contributed by atoms with Crippen molar-refractivity contribution in [3.05, 3.63) is 65.7 Å². The van der Waals surface area contributed by atoms with Gasteiger partial charge in [0.25, 0.3) is 5.91 Å². The molecule has 0 aromatic heterocycles. The van der Waals surface area contributed by atoms with Crippen LogP contribution in [0.1, 0.15) is 22.3 Å². The second-order valence-electron chi connectivity index (χ2n) is 6.59. The lowest BCUT2D eigenvalue weighted by Gasteiger charge is -2.28. The standard InChI is InChI=1S/C21H24N4O3/c26-19(10-11-23-21(28)17-4-2-1-3-5-17)24-14-16-6-8-18(9-7-16)25-13-12-22-20(27)15-25/h1-9H,10-15H2,(H,22,27)(H,23,28)(H,24,26). The number of amides is 3. The summed E-state index contributed by atoms with van der Waals surface area (Å²) in [5.74, 6) is -0.275. The first kappa shape index (κ1) is 19.4. The number of hydrogen-bond acceptors (Lipinski definition) is 4. The van der Waals surface area contributed by atoms with Crippen LogP contribution in [0.5, 0.6) is 0 Å². The lowest BCUT2D eigenvalue weighted by molar-refractivity contribution is -0.121. The second kappa shape index (κ2) is 9.55. The third-order valence-electron chi connectivity index (χ3n) is 4.50. The highest BCUT2D eigenvalue weighted by Gasteiger charge is 2.16. The lowest BCUT2D eigenvalue weighted by atomic mass is 10.1. The van der Waals surface area contributed by atoms with Gasteiger partial charge >= 0.3 is 0 Å². The van der Waals surface area contributed by atoms with Crippen LogP contribution in [-0.4, -0.2) is 43.9 Å². The van der Waals surface area contributed by atoms with E-state index < -0.39 is 0 Å². The Morgan fingerprint density at radius 3 is 2.46 bits per heavy atom. The number of carbonyl (C=O) groups excluding carboxylic acids is 3. The van der Waals surface area contributed by atoms with E-state index in [9.17, 15) is 14.4 Å². The molecule has 7 nitrogen and oxygen atoms in total. The number of nitrogens with zero attached hydrogens (tertiary/aromatic N) is 1. The van der Waals surface area contributed by atoms with Gasteiger partial charge in [0.1, 0.15) is 0 Å². The number of nitrogens with one attached hydrogen (secondary N) is 3. The van der Waals surface area contributed by atoms with Crippen LogP contribution in [0.4, 0.5) is 5.69 Å². The molecule has 2 aromatic rings. The van der Waals surface area contributed by atoms with Crippen molar-refractivity contribution >= 4 is 23.4 Å². The summed E-state index contributed by atoms with van der Waals surface area (Å²) < 4.78 is 0. The summed E-state index contributed by atoms with van der Waals surface area (Å²) in [4.78, 5) is 37.4. The zero-order valence-corrected chi connectivity index (χ0v) is 15.6. The van der Waals surface area contributed by atoms with Gasteiger partial charge in [-0.05, 0) is 29.8 Å². The fourth-order valence-electron chi connectivity index (χ4n) is 2.95. The summed E-state index contributed by atoms with van der Waals surface area (Å²) in [7, 11) is 0. The molecule has 1 fully saturated rings. The van der Waals surface area contributed by atoms with Gasteiger partial charge in [-0.1, -0.05) is 30.3 Å². The Morgan fingerprint density at radius 2 is 1.75 bits per heavy atom. The Hall–Kier alpha value is -3.35. The highest BCUT2D eigenvalue weighted by Crippen LogP contribution is 2.16. The minimum atomic E-state index is -0.185. The molecule has 3 N–H and O–H groups in total. The second-order valence-corrected chi connectivity index (χ2v) is 6.59. The first-order valence-electron chi connectivity index (χ1n) is 9.32. The maximum absolute atomic E-state index is 12.0. The van der Waals surface area contributed by atoms with E-state index in [-0.39, 0.29) is 30.7 Å². The Kier molecular flexibility index (Phi) is 6.62. The van der Waals surface area contributed by atoms with Crippen LogP contribution < -0.4 is 20.9 Å². The van der Waals surface area contributed by atoms with Gasteiger partial charge < -0.3 is 20.9 Å². The molecule has 0 radical (unpaired) electrons. The first-order valence-corrected chi connectivity index (χ1v) is 9.32. The van der Waals surface area contributed by atoms with Crippen LogP contribution >= 0.6 is 0 Å². The molecule has 28 heavy (non-hydrogen) atoms. The lowest BCUT2D eigenvalue weighted by Crippen LogP contribution is -2.47. The molecule has 0 saturated carbocycles. The number of rotatable bonds is 7. The smallest absolute Gasteiger partial charge is 0.251 e. The van der Waals surface area contributed by atoms with Gasteiger partial charge in [-0.15, -0.1) is 0 Å². The van der Waals surface area contributed by atoms with E-state index in [1.54, 1.807) is 24.3 Å². The summed E-state index contributed by atoms with van der Waals surface area (Å²) in [6, 6.07) is 16.7. The molecule has 3 amide bonds. The zero-order valence-electron chi connectivity index (χ0n) is 15.6. The van der Waals surface area contributed by atoms with Crippen molar-refractivity contribution in [2.24, 2.45) is 0 Å². The fourth-order valence-corrected chi connectivity index (χ4v) is 2.95. The number of benzene rings is 2. The molecule has 1 aliphatic rings. The predicted octanol–water partition coefficient (Wildman–Crippen LogP) is 1.06. The van der Waals surface area contributed by atoms with Crippen molar-refractivity contribution in [2.45, 2.75) is 13.0 Å². The first-order chi connectivity index (χ1) is 13.6. The van der Waals surface area contributed by atoms with E-state index in [0.717, 1.165) is 17.8 Å². The molecule has 0 aliphatic carbocycles. The summed E-state index contributed by atoms with van der Waals surface area (Å²) in [5, 5.41) is 8.39. The Morgan fingerprint density at radius 1 is 1.00 bits per heavy atom. The number of carbonyl (C=O) groups is 3. The van der Waals surface area contributed by atoms with Crippen molar-refractivity contribution in [3.63, 3.8) is 0 Å². The molecule has 0 atom stereocenters. The Balaban J connectivity index is 1.38. The maximum Gasteiger partial charge on any atom is 0.251 e. The van der Waals surface area contributed by atoms with Crippen LogP contribution in [0.2, 0.25) is 0 Å². The van der Waals surface area contributed by atoms with Crippen molar-refractivity contribution in [3.8, 4) is 0 Å². The van der Waals surface area contributed by atoms with E-state index in [2.05, 4.69) is 16.0 Å². The van der Waals surface area contributed by atoms with Crippen LogP contribution in [-0.2, 0) is 16.1 Å². The maximum atomic E-state index is 12.0. The SMILES string of the molecule is O=C(CCNC(=O)c1ccccc1)NCc1ccc(N2CCNC(=O)C2)cc1. The average molecular weight is 380 g/mol. The Labute approximate surface area is 164 Å². The minimum absolute atomic E-state index is 0.0296. The number of piperazine rings is 1. The van der Waals surface area contributed by atoms with Gasteiger partial charge in [0.15, 0.2) is 0 Å². The molecule has 1 aliphatic heterocycles. The van der Waals surface area contributed by atoms with Crippen molar-refractivity contribution in [2.75, 3.05) is 31.1 Å². The topological polar surface area (TPSA) is 90.5 Å². The number of anilines is 1. The molecule has 7 heteroatoms. The molecular weight excluding hydrogens is 356 g/mol. The van der Waals surface area contributed by atoms with Gasteiger partial charge in [-0.3, -0.25) is 14.4 Å². The van der Waals surface area contributed by atoms with Crippen LogP contribution in [0, 0.1) is 0 Å². The third kappa shape index (κ3) is 5.57. The summed E-state index contributed by atoms with van der Waals surface area (Å²) in [6.45, 7) is 2.51. The number of hydrogen-bond donors (Lipinski definition) is 3. The molecule has 2 aromatic carbocycles. The normalized spacial score (nSPS) is 13.6. The van der Waals surface area contributed by atoms with Gasteiger partial charge in [0.2, 0.25) is 11.8 Å². The highest BCUT2D eigenvalue weighted by atomic mass is 16.2. The molecule has 0 bridgehead atoms. The molecule has 146 valence electrons. The molecule has 3 rings (SSSR count). The molecule has 0 spiro atoms. The van der Waals surface area contributed by atoms with Gasteiger partial charge in [-0.25, -0.2) is 0 Å². The molecule has 1 saturated heterocycles. The van der Waals surface area contributed by atoms with Crippen molar-refractivity contribution < 1.29 is 14.4 Å². The van der Waals surface area contributed by atoms with Gasteiger partial charge in [0, 0.05) is 43.9 Å². The third-order valence-corrected chi connectivity index (χ3v) is 4.50.